The van der Waals surface area contributed by atoms with E-state index in [2.05, 4.69) is 37.8 Å². The van der Waals surface area contributed by atoms with Crippen molar-refractivity contribution in [2.45, 2.75) is 25.8 Å². The van der Waals surface area contributed by atoms with Crippen LogP contribution in [0.2, 0.25) is 0 Å². The van der Waals surface area contributed by atoms with Crippen molar-refractivity contribution in [3.8, 4) is 5.75 Å². The number of carbonyl (C=O) groups is 1. The molecule has 2 aromatic rings. The molecule has 1 saturated heterocycles. The number of likely N-dealkylation sites (tertiary alicyclic amines) is 1. The lowest BCUT2D eigenvalue weighted by molar-refractivity contribution is -0.118. The van der Waals surface area contributed by atoms with Crippen LogP contribution < -0.4 is 10.1 Å². The zero-order valence-corrected chi connectivity index (χ0v) is 16.3. The van der Waals surface area contributed by atoms with Gasteiger partial charge in [0.1, 0.15) is 5.75 Å². The first-order valence-electron chi connectivity index (χ1n) is 8.04. The first-order chi connectivity index (χ1) is 11.7. The molecule has 24 heavy (non-hydrogen) atoms. The monoisotopic (exact) mass is 457 g/mol. The molecule has 1 aromatic heterocycles. The summed E-state index contributed by atoms with van der Waals surface area (Å²) < 4.78 is 6.61. The quantitative estimate of drug-likeness (QED) is 0.672. The Balaban J connectivity index is 1.45. The summed E-state index contributed by atoms with van der Waals surface area (Å²) in [4.78, 5) is 18.9. The molecule has 7 heteroatoms. The van der Waals surface area contributed by atoms with E-state index in [1.165, 1.54) is 30.6 Å². The Hall–Kier alpha value is -1.19. The van der Waals surface area contributed by atoms with Crippen molar-refractivity contribution in [3.63, 3.8) is 0 Å². The number of nitrogens with one attached hydrogen (secondary N) is 1. The minimum absolute atomic E-state index is 0.0123. The molecule has 128 valence electrons. The van der Waals surface area contributed by atoms with Crippen LogP contribution in [0.1, 0.15) is 25.0 Å². The Kier molecular flexibility index (Phi) is 6.44. The zero-order chi connectivity index (χ0) is 16.8. The Labute approximate surface area is 159 Å². The number of amides is 1. The number of halogens is 1. The molecule has 0 atom stereocenters. The number of nitrogens with zero attached hydrogens (tertiary/aromatic N) is 2. The van der Waals surface area contributed by atoms with Crippen LogP contribution in [0.25, 0.3) is 0 Å². The summed E-state index contributed by atoms with van der Waals surface area (Å²) in [5.74, 6) is 0.503. The maximum atomic E-state index is 12.0. The highest BCUT2D eigenvalue weighted by molar-refractivity contribution is 14.1. The number of rotatable bonds is 6. The molecule has 3 rings (SSSR count). The zero-order valence-electron chi connectivity index (χ0n) is 13.3. The van der Waals surface area contributed by atoms with Crippen LogP contribution in [0.5, 0.6) is 5.75 Å². The van der Waals surface area contributed by atoms with Gasteiger partial charge in [0.25, 0.3) is 5.91 Å². The van der Waals surface area contributed by atoms with Gasteiger partial charge in [-0.2, -0.15) is 0 Å². The summed E-state index contributed by atoms with van der Waals surface area (Å²) in [5.41, 5.74) is 1.02. The highest BCUT2D eigenvalue weighted by Gasteiger charge is 2.13. The number of benzene rings is 1. The molecule has 0 saturated carbocycles. The van der Waals surface area contributed by atoms with E-state index in [-0.39, 0.29) is 12.5 Å². The molecule has 0 spiro atoms. The SMILES string of the molecule is O=C(COc1ccc(I)cc1)Nc1nc(CN2CCCCC2)cs1. The molecule has 1 amide bonds. The second-order valence-corrected chi connectivity index (χ2v) is 7.88. The molecule has 1 aliphatic heterocycles. The number of aromatic nitrogens is 1. The van der Waals surface area contributed by atoms with Crippen molar-refractivity contribution in [2.75, 3.05) is 25.0 Å². The average molecular weight is 457 g/mol. The summed E-state index contributed by atoms with van der Waals surface area (Å²) in [5, 5.41) is 5.46. The normalized spacial score (nSPS) is 15.2. The van der Waals surface area contributed by atoms with Gasteiger partial charge in [-0.15, -0.1) is 11.3 Å². The lowest BCUT2D eigenvalue weighted by Crippen LogP contribution is -2.29. The summed E-state index contributed by atoms with van der Waals surface area (Å²) in [6, 6.07) is 7.60. The van der Waals surface area contributed by atoms with Crippen molar-refractivity contribution < 1.29 is 9.53 Å². The smallest absolute Gasteiger partial charge is 0.264 e. The molecule has 5 nitrogen and oxygen atoms in total. The number of anilines is 1. The first kappa shape index (κ1) is 17.6. The predicted octanol–water partition coefficient (Wildman–Crippen LogP) is 3.75. The Bertz CT molecular complexity index is 669. The molecule has 2 heterocycles. The fraction of sp³-hybridized carbons (Fsp3) is 0.412. The Morgan fingerprint density at radius 2 is 2.00 bits per heavy atom. The van der Waals surface area contributed by atoms with E-state index in [9.17, 15) is 4.79 Å². The van der Waals surface area contributed by atoms with Crippen molar-refractivity contribution >= 4 is 45.0 Å². The van der Waals surface area contributed by atoms with E-state index in [1.807, 2.05) is 29.6 Å². The van der Waals surface area contributed by atoms with Gasteiger partial charge >= 0.3 is 0 Å². The van der Waals surface area contributed by atoms with Gasteiger partial charge < -0.3 is 4.74 Å². The van der Waals surface area contributed by atoms with E-state index >= 15 is 0 Å². The highest BCUT2D eigenvalue weighted by atomic mass is 127. The van der Waals surface area contributed by atoms with E-state index in [4.69, 9.17) is 4.74 Å². The summed E-state index contributed by atoms with van der Waals surface area (Å²) in [6.45, 7) is 3.14. The predicted molar refractivity (Wildman–Crippen MR) is 105 cm³/mol. The van der Waals surface area contributed by atoms with Crippen molar-refractivity contribution in [1.82, 2.24) is 9.88 Å². The Morgan fingerprint density at radius 1 is 1.25 bits per heavy atom. The first-order valence-corrected chi connectivity index (χ1v) is 10.00. The highest BCUT2D eigenvalue weighted by Crippen LogP contribution is 2.19. The van der Waals surface area contributed by atoms with Gasteiger partial charge in [-0.25, -0.2) is 4.98 Å². The third kappa shape index (κ3) is 5.42. The molecule has 1 N–H and O–H groups in total. The lowest BCUT2D eigenvalue weighted by Gasteiger charge is -2.25. The Morgan fingerprint density at radius 3 is 2.75 bits per heavy atom. The summed E-state index contributed by atoms with van der Waals surface area (Å²) >= 11 is 3.69. The second-order valence-electron chi connectivity index (χ2n) is 5.77. The van der Waals surface area contributed by atoms with E-state index in [0.29, 0.717) is 10.9 Å². The van der Waals surface area contributed by atoms with E-state index in [1.54, 1.807) is 0 Å². The molecule has 0 radical (unpaired) electrons. The summed E-state index contributed by atoms with van der Waals surface area (Å²) in [6.07, 6.45) is 3.86. The third-order valence-corrected chi connectivity index (χ3v) is 5.34. The summed E-state index contributed by atoms with van der Waals surface area (Å²) in [7, 11) is 0. The van der Waals surface area contributed by atoms with E-state index < -0.39 is 0 Å². The van der Waals surface area contributed by atoms with Gasteiger partial charge in [0.2, 0.25) is 0 Å². The topological polar surface area (TPSA) is 54.5 Å². The number of carbonyl (C=O) groups excluding carboxylic acids is 1. The van der Waals surface area contributed by atoms with Crippen LogP contribution in [0.4, 0.5) is 5.13 Å². The number of ether oxygens (including phenoxy) is 1. The largest absolute Gasteiger partial charge is 0.484 e. The number of hydrogen-bond acceptors (Lipinski definition) is 5. The van der Waals surface area contributed by atoms with Crippen LogP contribution in [-0.4, -0.2) is 35.5 Å². The van der Waals surface area contributed by atoms with Crippen LogP contribution in [-0.2, 0) is 11.3 Å². The fourth-order valence-corrected chi connectivity index (χ4v) is 3.70. The maximum absolute atomic E-state index is 12.0. The van der Waals surface area contributed by atoms with Gasteiger partial charge in [0.05, 0.1) is 5.69 Å². The van der Waals surface area contributed by atoms with Gasteiger partial charge in [-0.3, -0.25) is 15.0 Å². The standard InChI is InChI=1S/C17H20IN3O2S/c18-13-4-6-15(7-5-13)23-11-16(22)20-17-19-14(12-24-17)10-21-8-2-1-3-9-21/h4-7,12H,1-3,8-11H2,(H,19,20,22). The number of piperidine rings is 1. The van der Waals surface area contributed by atoms with Gasteiger partial charge in [-0.05, 0) is 72.8 Å². The van der Waals surface area contributed by atoms with E-state index in [0.717, 1.165) is 28.9 Å². The number of thiazole rings is 1. The second kappa shape index (κ2) is 8.77. The van der Waals surface area contributed by atoms with Gasteiger partial charge in [0.15, 0.2) is 11.7 Å². The lowest BCUT2D eigenvalue weighted by atomic mass is 10.1. The van der Waals surface area contributed by atoms with Crippen LogP contribution >= 0.6 is 33.9 Å². The molecule has 0 aliphatic carbocycles. The third-order valence-electron chi connectivity index (χ3n) is 3.82. The van der Waals surface area contributed by atoms with Gasteiger partial charge in [-0.1, -0.05) is 6.42 Å². The number of hydrogen-bond donors (Lipinski definition) is 1. The van der Waals surface area contributed by atoms with Gasteiger partial charge in [0, 0.05) is 15.5 Å². The maximum Gasteiger partial charge on any atom is 0.264 e. The average Bonchev–Trinajstić information content (AvgIpc) is 3.02. The molecule has 0 bridgehead atoms. The van der Waals surface area contributed by atoms with Crippen LogP contribution in [0.3, 0.4) is 0 Å². The molecule has 1 aliphatic rings. The molecular formula is C17H20IN3O2S. The molecule has 1 fully saturated rings. The fourth-order valence-electron chi connectivity index (χ4n) is 2.62. The minimum atomic E-state index is -0.188. The van der Waals surface area contributed by atoms with Crippen molar-refractivity contribution in [3.05, 3.63) is 38.9 Å². The molecule has 1 aromatic carbocycles. The molecule has 0 unspecified atom stereocenters. The minimum Gasteiger partial charge on any atom is -0.484 e. The van der Waals surface area contributed by atoms with Crippen molar-refractivity contribution in [2.24, 2.45) is 0 Å². The molecular weight excluding hydrogens is 437 g/mol. The van der Waals surface area contributed by atoms with Crippen LogP contribution in [0.15, 0.2) is 29.6 Å². The van der Waals surface area contributed by atoms with Crippen LogP contribution in [0, 0.1) is 3.57 Å². The van der Waals surface area contributed by atoms with Crippen molar-refractivity contribution in [1.29, 1.82) is 0 Å².